The first-order valence-corrected chi connectivity index (χ1v) is 13.0. The van der Waals surface area contributed by atoms with E-state index >= 15 is 0 Å². The van der Waals surface area contributed by atoms with Crippen LogP contribution in [0.1, 0.15) is 16.0 Å². The molecule has 7 heteroatoms. The maximum Gasteiger partial charge on any atom is 0.242 e. The van der Waals surface area contributed by atoms with E-state index in [-0.39, 0.29) is 18.4 Å². The molecule has 1 fully saturated rings. The van der Waals surface area contributed by atoms with Gasteiger partial charge in [0.1, 0.15) is 0 Å². The summed E-state index contributed by atoms with van der Waals surface area (Å²) in [6.07, 6.45) is 0.293. The monoisotopic (exact) mass is 491 g/mol. The normalized spacial score (nSPS) is 13.9. The lowest BCUT2D eigenvalue weighted by atomic mass is 10.1. The third-order valence-electron chi connectivity index (χ3n) is 6.16. The summed E-state index contributed by atoms with van der Waals surface area (Å²) in [7, 11) is 0. The predicted octanol–water partition coefficient (Wildman–Crippen LogP) is 3.68. The molecular formula is C28H33N3O3S. The van der Waals surface area contributed by atoms with Gasteiger partial charge in [0.25, 0.3) is 0 Å². The van der Waals surface area contributed by atoms with Gasteiger partial charge in [0, 0.05) is 37.6 Å². The summed E-state index contributed by atoms with van der Waals surface area (Å²) in [6.45, 7) is 5.52. The largest absolute Gasteiger partial charge is 0.379 e. The molecule has 2 heterocycles. The molecule has 184 valence electrons. The van der Waals surface area contributed by atoms with Crippen molar-refractivity contribution < 1.29 is 14.3 Å². The molecule has 1 aromatic heterocycles. The minimum atomic E-state index is -0.0364. The van der Waals surface area contributed by atoms with Gasteiger partial charge in [-0.15, -0.1) is 11.3 Å². The van der Waals surface area contributed by atoms with Crippen molar-refractivity contribution in [3.8, 4) is 0 Å². The molecule has 2 aromatic carbocycles. The SMILES string of the molecule is O=C(Cc1ccccc1)N(CCN1CCOCC1)CC(=O)N(Cc1ccccc1)Cc1cccs1. The summed E-state index contributed by atoms with van der Waals surface area (Å²) < 4.78 is 5.45. The van der Waals surface area contributed by atoms with E-state index in [2.05, 4.69) is 4.90 Å². The minimum Gasteiger partial charge on any atom is -0.379 e. The molecule has 0 N–H and O–H groups in total. The van der Waals surface area contributed by atoms with E-state index in [9.17, 15) is 9.59 Å². The molecule has 6 nitrogen and oxygen atoms in total. The van der Waals surface area contributed by atoms with Crippen LogP contribution < -0.4 is 0 Å². The molecule has 2 amide bonds. The van der Waals surface area contributed by atoms with Gasteiger partial charge in [0.05, 0.1) is 32.7 Å². The van der Waals surface area contributed by atoms with Crippen molar-refractivity contribution in [2.24, 2.45) is 0 Å². The fourth-order valence-electron chi connectivity index (χ4n) is 4.15. The molecule has 3 aromatic rings. The van der Waals surface area contributed by atoms with Gasteiger partial charge in [-0.25, -0.2) is 0 Å². The first kappa shape index (κ1) is 25.1. The van der Waals surface area contributed by atoms with Gasteiger partial charge in [-0.1, -0.05) is 66.7 Å². The number of nitrogens with zero attached hydrogens (tertiary/aromatic N) is 3. The standard InChI is InChI=1S/C28H33N3O3S/c32-27(20-24-8-3-1-4-9-24)30(14-13-29-15-17-34-18-16-29)23-28(33)31(22-26-12-7-19-35-26)21-25-10-5-2-6-11-25/h1-12,19H,13-18,20-23H2. The zero-order valence-corrected chi connectivity index (χ0v) is 20.9. The smallest absolute Gasteiger partial charge is 0.242 e. The summed E-state index contributed by atoms with van der Waals surface area (Å²) in [5, 5.41) is 2.03. The van der Waals surface area contributed by atoms with Crippen molar-refractivity contribution >= 4 is 23.2 Å². The van der Waals surface area contributed by atoms with Gasteiger partial charge in [-0.3, -0.25) is 14.5 Å². The average molecular weight is 492 g/mol. The summed E-state index contributed by atoms with van der Waals surface area (Å²) >= 11 is 1.64. The van der Waals surface area contributed by atoms with Gasteiger partial charge in [0.15, 0.2) is 0 Å². The third-order valence-corrected chi connectivity index (χ3v) is 7.02. The number of carbonyl (C=O) groups excluding carboxylic acids is 2. The zero-order valence-electron chi connectivity index (χ0n) is 20.1. The molecule has 0 atom stereocenters. The fourth-order valence-corrected chi connectivity index (χ4v) is 4.87. The van der Waals surface area contributed by atoms with E-state index < -0.39 is 0 Å². The zero-order chi connectivity index (χ0) is 24.3. The maximum atomic E-state index is 13.6. The van der Waals surface area contributed by atoms with Crippen LogP contribution in [-0.4, -0.2) is 72.5 Å². The lowest BCUT2D eigenvalue weighted by molar-refractivity contribution is -0.141. The summed E-state index contributed by atoms with van der Waals surface area (Å²) in [5.41, 5.74) is 2.04. The van der Waals surface area contributed by atoms with Gasteiger partial charge in [-0.05, 0) is 22.6 Å². The molecule has 1 aliphatic rings. The highest BCUT2D eigenvalue weighted by molar-refractivity contribution is 7.09. The van der Waals surface area contributed by atoms with Crippen molar-refractivity contribution in [3.63, 3.8) is 0 Å². The third kappa shape index (κ3) is 8.02. The molecule has 35 heavy (non-hydrogen) atoms. The molecule has 0 saturated carbocycles. The summed E-state index contributed by atoms with van der Waals surface area (Å²) in [5.74, 6) is -0.0563. The van der Waals surface area contributed by atoms with Crippen LogP contribution in [0, 0.1) is 0 Å². The van der Waals surface area contributed by atoms with Crippen molar-refractivity contribution in [1.29, 1.82) is 0 Å². The van der Waals surface area contributed by atoms with Crippen molar-refractivity contribution in [2.75, 3.05) is 45.9 Å². The van der Waals surface area contributed by atoms with Crippen LogP contribution in [0.2, 0.25) is 0 Å². The molecule has 1 saturated heterocycles. The molecule has 0 aliphatic carbocycles. The number of amides is 2. The Morgan fingerprint density at radius 3 is 2.14 bits per heavy atom. The van der Waals surface area contributed by atoms with Crippen LogP contribution in [0.4, 0.5) is 0 Å². The van der Waals surface area contributed by atoms with Crippen molar-refractivity contribution in [3.05, 3.63) is 94.2 Å². The Morgan fingerprint density at radius 2 is 1.49 bits per heavy atom. The van der Waals surface area contributed by atoms with E-state index in [1.807, 2.05) is 83.1 Å². The van der Waals surface area contributed by atoms with E-state index in [4.69, 9.17) is 4.74 Å². The number of thiophene rings is 1. The molecule has 0 spiro atoms. The van der Waals surface area contributed by atoms with Crippen molar-refractivity contribution in [2.45, 2.75) is 19.5 Å². The molecule has 0 unspecified atom stereocenters. The number of hydrogen-bond donors (Lipinski definition) is 0. The quantitative estimate of drug-likeness (QED) is 0.411. The number of benzene rings is 2. The maximum absolute atomic E-state index is 13.6. The van der Waals surface area contributed by atoms with Gasteiger partial charge < -0.3 is 14.5 Å². The van der Waals surface area contributed by atoms with Gasteiger partial charge in [-0.2, -0.15) is 0 Å². The average Bonchev–Trinajstić information content (AvgIpc) is 3.41. The van der Waals surface area contributed by atoms with Crippen molar-refractivity contribution in [1.82, 2.24) is 14.7 Å². The van der Waals surface area contributed by atoms with E-state index in [0.717, 1.165) is 35.6 Å². The topological polar surface area (TPSA) is 53.1 Å². The molecule has 1 aliphatic heterocycles. The molecule has 0 bridgehead atoms. The van der Waals surface area contributed by atoms with E-state index in [1.165, 1.54) is 0 Å². The number of carbonyl (C=O) groups is 2. The number of morpholine rings is 1. The summed E-state index contributed by atoms with van der Waals surface area (Å²) in [6, 6.07) is 23.8. The molecule has 0 radical (unpaired) electrons. The number of ether oxygens (including phenoxy) is 1. The highest BCUT2D eigenvalue weighted by Gasteiger charge is 2.23. The second-order valence-corrected chi connectivity index (χ2v) is 9.78. The van der Waals surface area contributed by atoms with Crippen LogP contribution in [0.15, 0.2) is 78.2 Å². The first-order chi connectivity index (χ1) is 17.2. The fraction of sp³-hybridized carbons (Fsp3) is 0.357. The lowest BCUT2D eigenvalue weighted by Crippen LogP contribution is -2.47. The summed E-state index contributed by atoms with van der Waals surface area (Å²) in [4.78, 5) is 33.9. The Labute approximate surface area is 211 Å². The number of hydrogen-bond acceptors (Lipinski definition) is 5. The van der Waals surface area contributed by atoms with Crippen LogP contribution in [-0.2, 0) is 33.8 Å². The second kappa shape index (κ2) is 13.2. The van der Waals surface area contributed by atoms with Gasteiger partial charge >= 0.3 is 0 Å². The van der Waals surface area contributed by atoms with Crippen LogP contribution in [0.25, 0.3) is 0 Å². The van der Waals surface area contributed by atoms with E-state index in [1.54, 1.807) is 16.2 Å². The first-order valence-electron chi connectivity index (χ1n) is 12.1. The van der Waals surface area contributed by atoms with Crippen LogP contribution >= 0.6 is 11.3 Å². The Hall–Kier alpha value is -3.00. The Kier molecular flexibility index (Phi) is 9.46. The van der Waals surface area contributed by atoms with Crippen LogP contribution in [0.5, 0.6) is 0 Å². The lowest BCUT2D eigenvalue weighted by Gasteiger charge is -2.31. The minimum absolute atomic E-state index is 0.0198. The Morgan fingerprint density at radius 1 is 0.800 bits per heavy atom. The van der Waals surface area contributed by atoms with E-state index in [0.29, 0.717) is 39.3 Å². The number of rotatable bonds is 11. The van der Waals surface area contributed by atoms with Gasteiger partial charge in [0.2, 0.25) is 11.8 Å². The Balaban J connectivity index is 1.47. The predicted molar refractivity (Wildman–Crippen MR) is 139 cm³/mol. The second-order valence-electron chi connectivity index (χ2n) is 8.75. The molecule has 4 rings (SSSR count). The highest BCUT2D eigenvalue weighted by Crippen LogP contribution is 2.16. The Bertz CT molecular complexity index is 1040. The highest BCUT2D eigenvalue weighted by atomic mass is 32.1. The van der Waals surface area contributed by atoms with Crippen LogP contribution in [0.3, 0.4) is 0 Å². The molecular weight excluding hydrogens is 458 g/mol.